The molecule has 0 spiro atoms. The van der Waals surface area contributed by atoms with E-state index in [4.69, 9.17) is 9.47 Å². The minimum absolute atomic E-state index is 0.222. The number of rotatable bonds is 9. The number of ether oxygens (including phenoxy) is 2. The Labute approximate surface area is 122 Å². The van der Waals surface area contributed by atoms with E-state index in [1.165, 1.54) is 0 Å². The highest BCUT2D eigenvalue weighted by Gasteiger charge is 2.10. The summed E-state index contributed by atoms with van der Waals surface area (Å²) in [6.07, 6.45) is 1.99. The van der Waals surface area contributed by atoms with Gasteiger partial charge in [-0.3, -0.25) is 0 Å². The number of aromatic nitrogens is 2. The average molecular weight is 281 g/mol. The Morgan fingerprint density at radius 1 is 1.20 bits per heavy atom. The molecule has 20 heavy (non-hydrogen) atoms. The lowest BCUT2D eigenvalue weighted by atomic mass is 10.2. The van der Waals surface area contributed by atoms with Crippen molar-refractivity contribution in [1.82, 2.24) is 15.3 Å². The molecule has 0 atom stereocenters. The summed E-state index contributed by atoms with van der Waals surface area (Å²) in [6, 6.07) is 0. The predicted molar refractivity (Wildman–Crippen MR) is 80.1 cm³/mol. The first-order valence-corrected chi connectivity index (χ1v) is 7.35. The van der Waals surface area contributed by atoms with E-state index in [-0.39, 0.29) is 6.10 Å². The Morgan fingerprint density at radius 2 is 1.95 bits per heavy atom. The molecule has 1 N–H and O–H groups in total. The normalized spacial score (nSPS) is 11.3. The minimum atomic E-state index is 0.222. The lowest BCUT2D eigenvalue weighted by Gasteiger charge is -2.14. The van der Waals surface area contributed by atoms with Gasteiger partial charge < -0.3 is 14.8 Å². The summed E-state index contributed by atoms with van der Waals surface area (Å²) in [5, 5.41) is 3.28. The third-order valence-electron chi connectivity index (χ3n) is 2.70. The lowest BCUT2D eigenvalue weighted by molar-refractivity contribution is 0.0548. The predicted octanol–water partition coefficient (Wildman–Crippen LogP) is 2.51. The van der Waals surface area contributed by atoms with Gasteiger partial charge in [-0.15, -0.1) is 0 Å². The van der Waals surface area contributed by atoms with Crippen molar-refractivity contribution in [3.05, 3.63) is 17.7 Å². The van der Waals surface area contributed by atoms with E-state index in [0.29, 0.717) is 25.7 Å². The van der Waals surface area contributed by atoms with Gasteiger partial charge in [-0.2, -0.15) is 0 Å². The lowest BCUT2D eigenvalue weighted by Crippen LogP contribution is -2.17. The van der Waals surface area contributed by atoms with Crippen molar-refractivity contribution in [2.45, 2.75) is 53.2 Å². The van der Waals surface area contributed by atoms with Crippen molar-refractivity contribution >= 4 is 0 Å². The molecule has 0 fully saturated rings. The van der Waals surface area contributed by atoms with E-state index < -0.39 is 0 Å². The maximum Gasteiger partial charge on any atom is 0.160 e. The molecule has 1 aromatic rings. The summed E-state index contributed by atoms with van der Waals surface area (Å²) in [7, 11) is 0. The first kappa shape index (κ1) is 16.9. The molecular formula is C15H27N3O2. The van der Waals surface area contributed by atoms with Crippen LogP contribution < -0.4 is 10.1 Å². The zero-order valence-corrected chi connectivity index (χ0v) is 13.3. The SMILES string of the molecule is CCNCc1nc(C(C)C)ncc1OCCOC(C)C. The number of hydrogen-bond donors (Lipinski definition) is 1. The van der Waals surface area contributed by atoms with Gasteiger partial charge in [0.05, 0.1) is 24.6 Å². The molecule has 0 amide bonds. The van der Waals surface area contributed by atoms with Gasteiger partial charge in [-0.05, 0) is 20.4 Å². The fourth-order valence-corrected chi connectivity index (χ4v) is 1.63. The largest absolute Gasteiger partial charge is 0.488 e. The van der Waals surface area contributed by atoms with Gasteiger partial charge in [-0.1, -0.05) is 20.8 Å². The van der Waals surface area contributed by atoms with E-state index >= 15 is 0 Å². The van der Waals surface area contributed by atoms with Crippen LogP contribution in [0.4, 0.5) is 0 Å². The highest BCUT2D eigenvalue weighted by Crippen LogP contribution is 2.18. The van der Waals surface area contributed by atoms with Crippen molar-refractivity contribution in [3.63, 3.8) is 0 Å². The summed E-state index contributed by atoms with van der Waals surface area (Å²) < 4.78 is 11.2. The van der Waals surface area contributed by atoms with E-state index in [0.717, 1.165) is 23.8 Å². The van der Waals surface area contributed by atoms with Crippen LogP contribution >= 0.6 is 0 Å². The molecule has 0 aliphatic heterocycles. The fourth-order valence-electron chi connectivity index (χ4n) is 1.63. The second-order valence-corrected chi connectivity index (χ2v) is 5.24. The van der Waals surface area contributed by atoms with Crippen LogP contribution in [0.2, 0.25) is 0 Å². The third kappa shape index (κ3) is 5.84. The van der Waals surface area contributed by atoms with Gasteiger partial charge in [0.1, 0.15) is 12.4 Å². The van der Waals surface area contributed by atoms with E-state index in [2.05, 4.69) is 36.1 Å². The van der Waals surface area contributed by atoms with Gasteiger partial charge in [0.25, 0.3) is 0 Å². The Bertz CT molecular complexity index is 395. The molecule has 0 unspecified atom stereocenters. The molecule has 0 saturated carbocycles. The van der Waals surface area contributed by atoms with Gasteiger partial charge in [0, 0.05) is 12.5 Å². The summed E-state index contributed by atoms with van der Waals surface area (Å²) in [6.45, 7) is 12.9. The summed E-state index contributed by atoms with van der Waals surface area (Å²) >= 11 is 0. The molecular weight excluding hydrogens is 254 g/mol. The topological polar surface area (TPSA) is 56.3 Å². The molecule has 0 radical (unpaired) electrons. The standard InChI is InChI=1S/C15H27N3O2/c1-6-16-9-13-14(20-8-7-19-12(4)5)10-17-15(18-13)11(2)3/h10-12,16H,6-9H2,1-5H3. The molecule has 0 aliphatic rings. The maximum atomic E-state index is 5.73. The number of nitrogens with one attached hydrogen (secondary N) is 1. The van der Waals surface area contributed by atoms with Crippen LogP contribution in [0.5, 0.6) is 5.75 Å². The van der Waals surface area contributed by atoms with Crippen LogP contribution in [-0.2, 0) is 11.3 Å². The Kier molecular flexibility index (Phi) is 7.47. The van der Waals surface area contributed by atoms with Crippen molar-refractivity contribution < 1.29 is 9.47 Å². The third-order valence-corrected chi connectivity index (χ3v) is 2.70. The second kappa shape index (κ2) is 8.87. The summed E-state index contributed by atoms with van der Waals surface area (Å²) in [5.74, 6) is 1.90. The van der Waals surface area contributed by atoms with Gasteiger partial charge in [0.2, 0.25) is 0 Å². The molecule has 0 aromatic carbocycles. The molecule has 5 heteroatoms. The number of nitrogens with zero attached hydrogens (tertiary/aromatic N) is 2. The Hall–Kier alpha value is -1.20. The van der Waals surface area contributed by atoms with Gasteiger partial charge in [-0.25, -0.2) is 9.97 Å². The average Bonchev–Trinajstić information content (AvgIpc) is 2.41. The van der Waals surface area contributed by atoms with E-state index in [1.54, 1.807) is 6.20 Å². The molecule has 0 saturated heterocycles. The quantitative estimate of drug-likeness (QED) is 0.705. The molecule has 5 nitrogen and oxygen atoms in total. The van der Waals surface area contributed by atoms with E-state index in [9.17, 15) is 0 Å². The van der Waals surface area contributed by atoms with Crippen LogP contribution in [-0.4, -0.2) is 35.8 Å². The van der Waals surface area contributed by atoms with Gasteiger partial charge in [0.15, 0.2) is 5.75 Å². The first-order valence-electron chi connectivity index (χ1n) is 7.35. The van der Waals surface area contributed by atoms with Crippen LogP contribution in [0.15, 0.2) is 6.20 Å². The van der Waals surface area contributed by atoms with Gasteiger partial charge >= 0.3 is 0 Å². The monoisotopic (exact) mass is 281 g/mol. The Morgan fingerprint density at radius 3 is 2.55 bits per heavy atom. The number of hydrogen-bond acceptors (Lipinski definition) is 5. The van der Waals surface area contributed by atoms with Crippen molar-refractivity contribution in [3.8, 4) is 5.75 Å². The second-order valence-electron chi connectivity index (χ2n) is 5.24. The molecule has 1 rings (SSSR count). The zero-order chi connectivity index (χ0) is 15.0. The van der Waals surface area contributed by atoms with Crippen molar-refractivity contribution in [2.75, 3.05) is 19.8 Å². The summed E-state index contributed by atoms with van der Waals surface area (Å²) in [5.41, 5.74) is 0.912. The van der Waals surface area contributed by atoms with E-state index in [1.807, 2.05) is 13.8 Å². The molecule has 1 aromatic heterocycles. The highest BCUT2D eigenvalue weighted by atomic mass is 16.5. The Balaban J connectivity index is 2.67. The van der Waals surface area contributed by atoms with Crippen LogP contribution in [0.3, 0.4) is 0 Å². The molecule has 1 heterocycles. The zero-order valence-electron chi connectivity index (χ0n) is 13.3. The van der Waals surface area contributed by atoms with Crippen molar-refractivity contribution in [2.24, 2.45) is 0 Å². The summed E-state index contributed by atoms with van der Waals surface area (Å²) in [4.78, 5) is 8.94. The first-order chi connectivity index (χ1) is 9.54. The van der Waals surface area contributed by atoms with Crippen LogP contribution in [0, 0.1) is 0 Å². The highest BCUT2D eigenvalue weighted by molar-refractivity contribution is 5.25. The molecule has 114 valence electrons. The molecule has 0 aliphatic carbocycles. The molecule has 0 bridgehead atoms. The van der Waals surface area contributed by atoms with Crippen molar-refractivity contribution in [1.29, 1.82) is 0 Å². The van der Waals surface area contributed by atoms with Crippen LogP contribution in [0.1, 0.15) is 52.1 Å². The minimum Gasteiger partial charge on any atom is -0.488 e. The van der Waals surface area contributed by atoms with Crippen LogP contribution in [0.25, 0.3) is 0 Å². The maximum absolute atomic E-state index is 5.73. The smallest absolute Gasteiger partial charge is 0.160 e. The fraction of sp³-hybridized carbons (Fsp3) is 0.733.